The highest BCUT2D eigenvalue weighted by Crippen LogP contribution is 2.23. The van der Waals surface area contributed by atoms with Crippen molar-refractivity contribution in [3.8, 4) is 0 Å². The van der Waals surface area contributed by atoms with Gasteiger partial charge in [-0.1, -0.05) is 23.2 Å². The number of nitrogens with zero attached hydrogens (tertiary/aromatic N) is 2. The van der Waals surface area contributed by atoms with Crippen molar-refractivity contribution in [2.24, 2.45) is 0 Å². The van der Waals surface area contributed by atoms with Crippen molar-refractivity contribution in [3.63, 3.8) is 0 Å². The molecule has 2 aromatic heterocycles. The van der Waals surface area contributed by atoms with Crippen molar-refractivity contribution in [2.45, 2.75) is 19.4 Å². The molecule has 34 heavy (non-hydrogen) atoms. The van der Waals surface area contributed by atoms with Crippen molar-refractivity contribution < 1.29 is 17.7 Å². The Hall–Kier alpha value is -1.32. The molecule has 0 atom stereocenters. The van der Waals surface area contributed by atoms with Gasteiger partial charge < -0.3 is 4.74 Å². The lowest BCUT2D eigenvalue weighted by atomic mass is 10.1. The molecule has 4 rings (SSSR count). The van der Waals surface area contributed by atoms with Crippen LogP contribution in [0.4, 0.5) is 8.78 Å². The van der Waals surface area contributed by atoms with Gasteiger partial charge in [-0.2, -0.15) is 0 Å². The predicted molar refractivity (Wildman–Crippen MR) is 138 cm³/mol. The Balaban J connectivity index is 0.000000209. The third-order valence-corrected chi connectivity index (χ3v) is 5.07. The number of fused-ring (bicyclic) bond motifs is 2. The Bertz CT molecular complexity index is 1290. The lowest BCUT2D eigenvalue weighted by molar-refractivity contribution is 0.134. The molecule has 0 spiro atoms. The molecular formula is C22H17Cl5F2N2O2S. The Morgan fingerprint density at radius 1 is 0.853 bits per heavy atom. The second-order valence-corrected chi connectivity index (χ2v) is 10.2. The molecule has 0 bridgehead atoms. The molecule has 2 heterocycles. The molecule has 0 radical (unpaired) electrons. The summed E-state index contributed by atoms with van der Waals surface area (Å²) in [6, 6.07) is 9.53. The van der Waals surface area contributed by atoms with Crippen molar-refractivity contribution in [1.82, 2.24) is 9.97 Å². The van der Waals surface area contributed by atoms with E-state index >= 15 is 0 Å². The highest BCUT2D eigenvalue weighted by atomic mass is 36.0. The van der Waals surface area contributed by atoms with Crippen LogP contribution in [0.15, 0.2) is 48.8 Å². The van der Waals surface area contributed by atoms with E-state index in [1.165, 1.54) is 12.1 Å². The molecule has 0 aliphatic heterocycles. The van der Waals surface area contributed by atoms with Crippen LogP contribution in [0.2, 0.25) is 10.0 Å². The molecule has 0 fully saturated rings. The van der Waals surface area contributed by atoms with Gasteiger partial charge in [-0.3, -0.25) is 9.97 Å². The summed E-state index contributed by atoms with van der Waals surface area (Å²) in [7, 11) is 7.36. The number of aromatic nitrogens is 2. The maximum absolute atomic E-state index is 13.2. The summed E-state index contributed by atoms with van der Waals surface area (Å²) in [5.41, 5.74) is 3.03. The first-order valence-corrected chi connectivity index (χ1v) is 13.6. The fourth-order valence-corrected chi connectivity index (χ4v) is 3.20. The van der Waals surface area contributed by atoms with E-state index in [1.54, 1.807) is 24.5 Å². The van der Waals surface area contributed by atoms with Gasteiger partial charge in [0, 0.05) is 69.2 Å². The molecule has 0 N–H and O–H groups in total. The van der Waals surface area contributed by atoms with E-state index in [1.807, 2.05) is 19.1 Å². The number of ether oxygens (including phenoxy) is 1. The molecule has 2 aromatic carbocycles. The fraction of sp³-hybridized carbons (Fsp3) is 0.182. The largest absolute Gasteiger partial charge is 0.377 e. The van der Waals surface area contributed by atoms with E-state index in [0.29, 0.717) is 30.1 Å². The fourth-order valence-electron chi connectivity index (χ4n) is 2.71. The number of rotatable bonds is 4. The van der Waals surface area contributed by atoms with Gasteiger partial charge >= 0.3 is 0 Å². The molecule has 0 amide bonds. The molecule has 182 valence electrons. The predicted octanol–water partition coefficient (Wildman–Crippen LogP) is 8.37. The van der Waals surface area contributed by atoms with Crippen LogP contribution in [0, 0.1) is 11.6 Å². The maximum Gasteiger partial charge on any atom is 0.211 e. The zero-order valence-corrected chi connectivity index (χ0v) is 22.1. The van der Waals surface area contributed by atoms with Gasteiger partial charge in [0.05, 0.1) is 27.7 Å². The topological polar surface area (TPSA) is 52.1 Å². The Labute approximate surface area is 221 Å². The average molecular weight is 589 g/mol. The summed E-state index contributed by atoms with van der Waals surface area (Å²) in [4.78, 5) is 8.23. The van der Waals surface area contributed by atoms with E-state index in [0.717, 1.165) is 21.9 Å². The van der Waals surface area contributed by atoms with Gasteiger partial charge in [-0.25, -0.2) is 13.0 Å². The average Bonchev–Trinajstić information content (AvgIpc) is 2.79. The lowest BCUT2D eigenvalue weighted by Crippen LogP contribution is -1.93. The SMILES string of the molecule is CCOCc1cnc2cc(F)c(Cl)cc2c1.Fc1cc2ncc(CCl)cc2cc1Cl.O=S(Cl)Cl. The highest BCUT2D eigenvalue weighted by Gasteiger charge is 2.05. The Kier molecular flexibility index (Phi) is 12.2. The number of alkyl halides is 1. The standard InChI is InChI=1S/C12H11ClFNO.C10H6Cl2FN.Cl2OS/c1-2-16-7-8-3-9-4-10(13)11(14)5-12(9)15-6-8;11-4-6-1-7-2-8(12)9(13)3-10(7)14-5-6;1-4(2)3/h3-6H,2,7H2,1H3;1-3,5H,4H2;. The molecule has 4 nitrogen and oxygen atoms in total. The van der Waals surface area contributed by atoms with Crippen LogP contribution >= 0.6 is 56.2 Å². The molecule has 0 saturated heterocycles. The first-order valence-electron chi connectivity index (χ1n) is 9.50. The Morgan fingerprint density at radius 2 is 1.29 bits per heavy atom. The van der Waals surface area contributed by atoms with Gasteiger partial charge in [0.25, 0.3) is 0 Å². The van der Waals surface area contributed by atoms with Crippen LogP contribution in [-0.4, -0.2) is 20.8 Å². The number of halogens is 7. The van der Waals surface area contributed by atoms with Crippen LogP contribution in [0.25, 0.3) is 21.8 Å². The van der Waals surface area contributed by atoms with E-state index in [-0.39, 0.29) is 10.0 Å². The molecule has 0 unspecified atom stereocenters. The number of pyridine rings is 2. The smallest absolute Gasteiger partial charge is 0.211 e. The third-order valence-electron chi connectivity index (χ3n) is 4.19. The van der Waals surface area contributed by atoms with E-state index in [4.69, 9.17) is 43.7 Å². The van der Waals surface area contributed by atoms with Crippen molar-refractivity contribution >= 4 is 87.2 Å². The van der Waals surface area contributed by atoms with Crippen LogP contribution in [0.5, 0.6) is 0 Å². The molecule has 0 aliphatic rings. The van der Waals surface area contributed by atoms with Crippen LogP contribution in [0.3, 0.4) is 0 Å². The van der Waals surface area contributed by atoms with Gasteiger partial charge in [-0.15, -0.1) is 11.6 Å². The second kappa shape index (κ2) is 14.3. The summed E-state index contributed by atoms with van der Waals surface area (Å²) in [5, 5.41) is 1.84. The first-order chi connectivity index (χ1) is 16.1. The summed E-state index contributed by atoms with van der Waals surface area (Å²) in [6.45, 7) is 3.09. The zero-order valence-electron chi connectivity index (χ0n) is 17.5. The van der Waals surface area contributed by atoms with Gasteiger partial charge in [0.15, 0.2) is 0 Å². The summed E-state index contributed by atoms with van der Waals surface area (Å²) in [5.74, 6) is -0.512. The number of benzene rings is 2. The minimum atomic E-state index is -1.67. The minimum absolute atomic E-state index is 0.103. The molecule has 0 aliphatic carbocycles. The van der Waals surface area contributed by atoms with Gasteiger partial charge in [-0.05, 0) is 42.3 Å². The maximum atomic E-state index is 13.2. The molecule has 12 heteroatoms. The highest BCUT2D eigenvalue weighted by molar-refractivity contribution is 8.26. The summed E-state index contributed by atoms with van der Waals surface area (Å²) >= 11 is 17.0. The van der Waals surface area contributed by atoms with Crippen molar-refractivity contribution in [3.05, 3.63) is 81.6 Å². The monoisotopic (exact) mass is 586 g/mol. The summed E-state index contributed by atoms with van der Waals surface area (Å²) < 4.78 is 40.6. The Morgan fingerprint density at radius 3 is 1.74 bits per heavy atom. The van der Waals surface area contributed by atoms with Crippen LogP contribution in [0.1, 0.15) is 18.1 Å². The number of hydrogen-bond acceptors (Lipinski definition) is 4. The van der Waals surface area contributed by atoms with E-state index < -0.39 is 20.9 Å². The van der Waals surface area contributed by atoms with Crippen molar-refractivity contribution in [2.75, 3.05) is 6.61 Å². The quantitative estimate of drug-likeness (QED) is 0.178. The van der Waals surface area contributed by atoms with Crippen LogP contribution in [-0.2, 0) is 26.5 Å². The number of hydrogen-bond donors (Lipinski definition) is 0. The minimum Gasteiger partial charge on any atom is -0.377 e. The van der Waals surface area contributed by atoms with Gasteiger partial charge in [0.2, 0.25) is 9.23 Å². The zero-order chi connectivity index (χ0) is 25.3. The van der Waals surface area contributed by atoms with Crippen LogP contribution < -0.4 is 0 Å². The van der Waals surface area contributed by atoms with E-state index in [9.17, 15) is 8.78 Å². The van der Waals surface area contributed by atoms with Gasteiger partial charge in [0.1, 0.15) is 11.6 Å². The van der Waals surface area contributed by atoms with E-state index in [2.05, 4.69) is 31.3 Å². The van der Waals surface area contributed by atoms with Crippen molar-refractivity contribution in [1.29, 1.82) is 0 Å². The third kappa shape index (κ3) is 9.04. The molecule has 0 saturated carbocycles. The lowest BCUT2D eigenvalue weighted by Gasteiger charge is -2.04. The normalized spacial score (nSPS) is 10.6. The second-order valence-electron chi connectivity index (χ2n) is 6.56. The molecular weight excluding hydrogens is 572 g/mol. The molecule has 4 aromatic rings. The summed E-state index contributed by atoms with van der Waals surface area (Å²) in [6.07, 6.45) is 3.31. The first kappa shape index (κ1) is 28.9.